The Hall–Kier alpha value is -1.89. The van der Waals surface area contributed by atoms with Crippen molar-refractivity contribution in [3.63, 3.8) is 0 Å². The predicted molar refractivity (Wildman–Crippen MR) is 58.0 cm³/mol. The number of rotatable bonds is 2. The number of nitrogens with two attached hydrogens (primary N) is 1. The average molecular weight is 238 g/mol. The fourth-order valence-corrected chi connectivity index (χ4v) is 1.70. The Kier molecular flexibility index (Phi) is 3.10. The van der Waals surface area contributed by atoms with Crippen molar-refractivity contribution < 1.29 is 14.3 Å². The Balaban J connectivity index is 2.07. The third kappa shape index (κ3) is 2.44. The molecule has 1 fully saturated rings. The standard InChI is InChI=1S/C10H14N4O3/c1-13-3-2-7(12-13)10(16)14-4-5-17-8(6-14)9(11)15/h2-3,8H,4-6H2,1H3,(H2,11,15)/t8-/m0/s1. The summed E-state index contributed by atoms with van der Waals surface area (Å²) in [6.45, 7) is 0.941. The maximum atomic E-state index is 12.0. The summed E-state index contributed by atoms with van der Waals surface area (Å²) in [4.78, 5) is 24.6. The van der Waals surface area contributed by atoms with Gasteiger partial charge in [-0.1, -0.05) is 0 Å². The van der Waals surface area contributed by atoms with Crippen molar-refractivity contribution in [3.05, 3.63) is 18.0 Å². The molecule has 2 heterocycles. The molecule has 92 valence electrons. The SMILES string of the molecule is Cn1ccc(C(=O)N2CCO[C@H](C(N)=O)C2)n1. The van der Waals surface area contributed by atoms with Crippen molar-refractivity contribution in [2.45, 2.75) is 6.10 Å². The lowest BCUT2D eigenvalue weighted by atomic mass is 10.2. The lowest BCUT2D eigenvalue weighted by Gasteiger charge is -2.30. The number of ether oxygens (including phenoxy) is 1. The quantitative estimate of drug-likeness (QED) is 0.696. The minimum Gasteiger partial charge on any atom is -0.367 e. The first-order valence-corrected chi connectivity index (χ1v) is 5.28. The third-order valence-corrected chi connectivity index (χ3v) is 2.60. The van der Waals surface area contributed by atoms with Crippen LogP contribution in [0.3, 0.4) is 0 Å². The van der Waals surface area contributed by atoms with E-state index in [0.29, 0.717) is 18.8 Å². The Labute approximate surface area is 98.1 Å². The highest BCUT2D eigenvalue weighted by Gasteiger charge is 2.29. The topological polar surface area (TPSA) is 90.5 Å². The van der Waals surface area contributed by atoms with Gasteiger partial charge in [-0.2, -0.15) is 5.10 Å². The number of morpholine rings is 1. The van der Waals surface area contributed by atoms with Gasteiger partial charge in [0.2, 0.25) is 5.91 Å². The van der Waals surface area contributed by atoms with E-state index in [1.165, 1.54) is 4.90 Å². The van der Waals surface area contributed by atoms with E-state index in [2.05, 4.69) is 5.10 Å². The van der Waals surface area contributed by atoms with E-state index in [-0.39, 0.29) is 12.5 Å². The molecule has 17 heavy (non-hydrogen) atoms. The number of hydrogen-bond acceptors (Lipinski definition) is 4. The molecule has 7 heteroatoms. The van der Waals surface area contributed by atoms with Gasteiger partial charge in [0.1, 0.15) is 5.69 Å². The highest BCUT2D eigenvalue weighted by molar-refractivity contribution is 5.92. The zero-order valence-corrected chi connectivity index (χ0v) is 9.50. The number of nitrogens with zero attached hydrogens (tertiary/aromatic N) is 3. The smallest absolute Gasteiger partial charge is 0.274 e. The van der Waals surface area contributed by atoms with Gasteiger partial charge in [-0.25, -0.2) is 0 Å². The van der Waals surface area contributed by atoms with E-state index >= 15 is 0 Å². The van der Waals surface area contributed by atoms with E-state index in [1.54, 1.807) is 24.0 Å². The van der Waals surface area contributed by atoms with E-state index in [0.717, 1.165) is 0 Å². The molecule has 1 aromatic rings. The summed E-state index contributed by atoms with van der Waals surface area (Å²) in [5, 5.41) is 4.02. The zero-order valence-electron chi connectivity index (χ0n) is 9.50. The molecule has 0 spiro atoms. The van der Waals surface area contributed by atoms with E-state index in [9.17, 15) is 9.59 Å². The van der Waals surface area contributed by atoms with E-state index in [4.69, 9.17) is 10.5 Å². The maximum absolute atomic E-state index is 12.0. The van der Waals surface area contributed by atoms with Gasteiger partial charge in [-0.3, -0.25) is 14.3 Å². The average Bonchev–Trinajstić information content (AvgIpc) is 2.75. The summed E-state index contributed by atoms with van der Waals surface area (Å²) < 4.78 is 6.72. The second kappa shape index (κ2) is 4.54. The molecule has 2 N–H and O–H groups in total. The van der Waals surface area contributed by atoms with Crippen molar-refractivity contribution in [2.75, 3.05) is 19.7 Å². The summed E-state index contributed by atoms with van der Waals surface area (Å²) >= 11 is 0. The summed E-state index contributed by atoms with van der Waals surface area (Å²) in [5.41, 5.74) is 5.51. The maximum Gasteiger partial charge on any atom is 0.274 e. The number of primary amides is 1. The van der Waals surface area contributed by atoms with Crippen LogP contribution < -0.4 is 5.73 Å². The van der Waals surface area contributed by atoms with Crippen molar-refractivity contribution >= 4 is 11.8 Å². The van der Waals surface area contributed by atoms with Gasteiger partial charge < -0.3 is 15.4 Å². The summed E-state index contributed by atoms with van der Waals surface area (Å²) in [6, 6.07) is 1.64. The molecule has 2 amide bonds. The predicted octanol–water partition coefficient (Wildman–Crippen LogP) is -1.25. The number of hydrogen-bond donors (Lipinski definition) is 1. The first-order chi connectivity index (χ1) is 8.08. The molecule has 1 saturated heterocycles. The van der Waals surface area contributed by atoms with Crippen LogP contribution in [0.4, 0.5) is 0 Å². The fraction of sp³-hybridized carbons (Fsp3) is 0.500. The van der Waals surface area contributed by atoms with Gasteiger partial charge in [0.15, 0.2) is 6.10 Å². The molecule has 1 atom stereocenters. The number of amides is 2. The molecular weight excluding hydrogens is 224 g/mol. The van der Waals surface area contributed by atoms with Crippen LogP contribution >= 0.6 is 0 Å². The molecule has 0 saturated carbocycles. The van der Waals surface area contributed by atoms with Crippen LogP contribution in [-0.2, 0) is 16.6 Å². The number of aryl methyl sites for hydroxylation is 1. The second-order valence-corrected chi connectivity index (χ2v) is 3.89. The monoisotopic (exact) mass is 238 g/mol. The summed E-state index contributed by atoms with van der Waals surface area (Å²) in [7, 11) is 1.74. The fourth-order valence-electron chi connectivity index (χ4n) is 1.70. The molecular formula is C10H14N4O3. The minimum absolute atomic E-state index is 0.185. The molecule has 0 aliphatic carbocycles. The highest BCUT2D eigenvalue weighted by atomic mass is 16.5. The molecule has 1 aliphatic rings. The van der Waals surface area contributed by atoms with Crippen LogP contribution in [0, 0.1) is 0 Å². The summed E-state index contributed by atoms with van der Waals surface area (Å²) in [6.07, 6.45) is 0.968. The van der Waals surface area contributed by atoms with Crippen molar-refractivity contribution in [3.8, 4) is 0 Å². The van der Waals surface area contributed by atoms with Crippen LogP contribution in [0.5, 0.6) is 0 Å². The second-order valence-electron chi connectivity index (χ2n) is 3.89. The highest BCUT2D eigenvalue weighted by Crippen LogP contribution is 2.09. The van der Waals surface area contributed by atoms with E-state index in [1.807, 2.05) is 0 Å². The van der Waals surface area contributed by atoms with Crippen LogP contribution in [0.25, 0.3) is 0 Å². The first-order valence-electron chi connectivity index (χ1n) is 5.28. The largest absolute Gasteiger partial charge is 0.367 e. The number of carbonyl (C=O) groups excluding carboxylic acids is 2. The Morgan fingerprint density at radius 3 is 2.94 bits per heavy atom. The molecule has 0 radical (unpaired) electrons. The lowest BCUT2D eigenvalue weighted by Crippen LogP contribution is -2.50. The van der Waals surface area contributed by atoms with E-state index < -0.39 is 12.0 Å². The van der Waals surface area contributed by atoms with Gasteiger partial charge in [0.05, 0.1) is 13.2 Å². The summed E-state index contributed by atoms with van der Waals surface area (Å²) in [5.74, 6) is -0.760. The van der Waals surface area contributed by atoms with Crippen LogP contribution in [-0.4, -0.2) is 52.3 Å². The number of aromatic nitrogens is 2. The lowest BCUT2D eigenvalue weighted by molar-refractivity contribution is -0.133. The first kappa shape index (κ1) is 11.6. The van der Waals surface area contributed by atoms with Crippen LogP contribution in [0.15, 0.2) is 12.3 Å². The van der Waals surface area contributed by atoms with Gasteiger partial charge in [0, 0.05) is 19.8 Å². The number of carbonyl (C=O) groups is 2. The Bertz CT molecular complexity index is 443. The molecule has 1 aliphatic heterocycles. The zero-order chi connectivity index (χ0) is 12.4. The Morgan fingerprint density at radius 1 is 1.59 bits per heavy atom. The van der Waals surface area contributed by atoms with Gasteiger partial charge in [-0.15, -0.1) is 0 Å². The Morgan fingerprint density at radius 2 is 2.35 bits per heavy atom. The minimum atomic E-state index is -0.726. The molecule has 0 aromatic carbocycles. The molecule has 2 rings (SSSR count). The van der Waals surface area contributed by atoms with Crippen LogP contribution in [0.1, 0.15) is 10.5 Å². The molecule has 0 unspecified atom stereocenters. The van der Waals surface area contributed by atoms with Crippen molar-refractivity contribution in [2.24, 2.45) is 12.8 Å². The molecule has 0 bridgehead atoms. The van der Waals surface area contributed by atoms with Gasteiger partial charge >= 0.3 is 0 Å². The normalized spacial score (nSPS) is 20.3. The van der Waals surface area contributed by atoms with Crippen LogP contribution in [0.2, 0.25) is 0 Å². The molecule has 7 nitrogen and oxygen atoms in total. The van der Waals surface area contributed by atoms with Crippen molar-refractivity contribution in [1.82, 2.24) is 14.7 Å². The third-order valence-electron chi connectivity index (χ3n) is 2.60. The van der Waals surface area contributed by atoms with Crippen molar-refractivity contribution in [1.29, 1.82) is 0 Å². The molecule has 1 aromatic heterocycles. The van der Waals surface area contributed by atoms with Gasteiger partial charge in [0.25, 0.3) is 5.91 Å². The van der Waals surface area contributed by atoms with Gasteiger partial charge in [-0.05, 0) is 6.07 Å².